The Hall–Kier alpha value is -3.12. The lowest BCUT2D eigenvalue weighted by molar-refractivity contribution is 0.0663. The molecule has 1 fully saturated rings. The zero-order valence-electron chi connectivity index (χ0n) is 23.5. The second-order valence-corrected chi connectivity index (χ2v) is 11.9. The summed E-state index contributed by atoms with van der Waals surface area (Å²) in [5.74, 6) is -0.0280. The second-order valence-electron chi connectivity index (χ2n) is 10.3. The van der Waals surface area contributed by atoms with Crippen molar-refractivity contribution in [2.45, 2.75) is 45.4 Å². The van der Waals surface area contributed by atoms with Crippen molar-refractivity contribution < 1.29 is 9.59 Å². The first-order valence-electron chi connectivity index (χ1n) is 13.7. The first kappa shape index (κ1) is 28.9. The number of aryl methyl sites for hydroxylation is 1. The molecule has 2 aromatic rings. The van der Waals surface area contributed by atoms with Crippen LogP contribution in [-0.2, 0) is 0 Å². The molecule has 8 heteroatoms. The van der Waals surface area contributed by atoms with Crippen LogP contribution < -0.4 is 10.6 Å². The quantitative estimate of drug-likeness (QED) is 0.425. The molecule has 0 spiro atoms. The largest absolute Gasteiger partial charge is 0.336 e. The van der Waals surface area contributed by atoms with Gasteiger partial charge in [-0.15, -0.1) is 0 Å². The third kappa shape index (κ3) is 7.51. The van der Waals surface area contributed by atoms with Gasteiger partial charge < -0.3 is 15.1 Å². The molecule has 2 aliphatic heterocycles. The van der Waals surface area contributed by atoms with Gasteiger partial charge in [-0.05, 0) is 74.1 Å². The zero-order valence-corrected chi connectivity index (χ0v) is 24.5. The highest BCUT2D eigenvalue weighted by molar-refractivity contribution is 7.45. The summed E-state index contributed by atoms with van der Waals surface area (Å²) in [6.45, 7) is 13.6. The number of hydrogen-bond acceptors (Lipinski definition) is 5. The number of likely N-dealkylation sites (N-methyl/N-ethyl adjacent to an activating group) is 1. The topological polar surface area (TPSA) is 77.0 Å². The second kappa shape index (κ2) is 13.3. The Bertz CT molecular complexity index is 1280. The highest BCUT2D eigenvalue weighted by atomic mass is 31.1. The number of nitrogens with zero attached hydrogens (tertiary/aromatic N) is 3. The fraction of sp³-hybridized carbons (Fsp3) is 0.387. The van der Waals surface area contributed by atoms with Crippen LogP contribution in [-0.4, -0.2) is 66.8 Å². The van der Waals surface area contributed by atoms with Crippen LogP contribution in [0.1, 0.15) is 64.6 Å². The molecule has 2 heterocycles. The molecule has 4 rings (SSSR count). The van der Waals surface area contributed by atoms with Gasteiger partial charge in [0.2, 0.25) is 0 Å². The van der Waals surface area contributed by atoms with Gasteiger partial charge in [0.15, 0.2) is 0 Å². The molecule has 2 aromatic carbocycles. The van der Waals surface area contributed by atoms with Crippen LogP contribution in [0.4, 0.5) is 5.69 Å². The lowest BCUT2D eigenvalue weighted by Crippen LogP contribution is -2.47. The highest BCUT2D eigenvalue weighted by Gasteiger charge is 2.22. The number of hydrogen-bond donors (Lipinski definition) is 2. The zero-order chi connectivity index (χ0) is 27.9. The van der Waals surface area contributed by atoms with Crippen LogP contribution in [0.2, 0.25) is 0 Å². The molecule has 206 valence electrons. The van der Waals surface area contributed by atoms with Gasteiger partial charge in [-0.2, -0.15) is 0 Å². The fourth-order valence-corrected chi connectivity index (χ4v) is 5.92. The Morgan fingerprint density at radius 1 is 1.18 bits per heavy atom. The van der Waals surface area contributed by atoms with Crippen molar-refractivity contribution in [1.82, 2.24) is 15.1 Å². The van der Waals surface area contributed by atoms with Gasteiger partial charge in [-0.3, -0.25) is 19.9 Å². The average molecular weight is 546 g/mol. The van der Waals surface area contributed by atoms with Crippen molar-refractivity contribution in [2.75, 3.05) is 38.5 Å². The van der Waals surface area contributed by atoms with E-state index in [0.29, 0.717) is 19.7 Å². The lowest BCUT2D eigenvalue weighted by atomic mass is 10.0. The van der Waals surface area contributed by atoms with Crippen molar-refractivity contribution in [1.29, 1.82) is 0 Å². The number of carbonyl (C=O) groups excluding carboxylic acids is 2. The summed E-state index contributed by atoms with van der Waals surface area (Å²) >= 11 is 0. The van der Waals surface area contributed by atoms with Gasteiger partial charge >= 0.3 is 0 Å². The van der Waals surface area contributed by atoms with E-state index < -0.39 is 0 Å². The van der Waals surface area contributed by atoms with Crippen LogP contribution in [0, 0.1) is 6.92 Å². The minimum atomic E-state index is -0.196. The van der Waals surface area contributed by atoms with E-state index >= 15 is 0 Å². The monoisotopic (exact) mass is 545 g/mol. The van der Waals surface area contributed by atoms with E-state index in [1.54, 1.807) is 18.2 Å². The number of rotatable bonds is 8. The molecule has 39 heavy (non-hydrogen) atoms. The summed E-state index contributed by atoms with van der Waals surface area (Å²) in [5.41, 5.74) is 4.81. The van der Waals surface area contributed by atoms with E-state index in [0.717, 1.165) is 66.8 Å². The molecule has 0 saturated carbocycles. The third-order valence-corrected chi connectivity index (χ3v) is 8.44. The van der Waals surface area contributed by atoms with E-state index in [1.165, 1.54) is 0 Å². The number of allylic oxidation sites excluding steroid dienone is 2. The van der Waals surface area contributed by atoms with Crippen molar-refractivity contribution in [3.63, 3.8) is 0 Å². The summed E-state index contributed by atoms with van der Waals surface area (Å²) in [6, 6.07) is 13.3. The van der Waals surface area contributed by atoms with Crippen LogP contribution >= 0.6 is 8.58 Å². The predicted octanol–water partition coefficient (Wildman–Crippen LogP) is 5.57. The molecule has 2 N–H and O–H groups in total. The predicted molar refractivity (Wildman–Crippen MR) is 163 cm³/mol. The number of piperazine rings is 1. The van der Waals surface area contributed by atoms with Crippen molar-refractivity contribution in [3.8, 4) is 0 Å². The summed E-state index contributed by atoms with van der Waals surface area (Å²) in [7, 11) is 2.61. The summed E-state index contributed by atoms with van der Waals surface area (Å²) in [5, 5.41) is 7.74. The molecular weight excluding hydrogens is 505 g/mol. The minimum absolute atomic E-state index is 0.0298. The number of aliphatic imine (C=N–C) groups is 1. The SMILES string of the molecule is C=C1PC(NC(C)c2cccc(NC(=O)c3ccc(C(=O)N4CCN(C)CC4)c(C)c3)c2)C=N/C1=C/CCC. The Kier molecular flexibility index (Phi) is 9.84. The Morgan fingerprint density at radius 3 is 2.64 bits per heavy atom. The van der Waals surface area contributed by atoms with Gasteiger partial charge in [0.25, 0.3) is 11.8 Å². The van der Waals surface area contributed by atoms with Crippen molar-refractivity contribution >= 4 is 32.3 Å². The molecule has 7 nitrogen and oxygen atoms in total. The number of nitrogens with one attached hydrogen (secondary N) is 2. The van der Waals surface area contributed by atoms with Gasteiger partial charge in [0, 0.05) is 55.2 Å². The smallest absolute Gasteiger partial charge is 0.255 e. The molecule has 0 aliphatic carbocycles. The molecule has 3 atom stereocenters. The Labute approximate surface area is 234 Å². The standard InChI is InChI=1S/C31H40N5O2P/c1-6-7-11-28-23(4)39-29(20-32-28)33-22(3)24-9-8-10-26(19-24)34-30(37)25-12-13-27(21(2)18-25)31(38)36-16-14-35(5)15-17-36/h8-13,18-20,22,29,33,39H,4,6-7,14-17H2,1-3,5H3,(H,34,37)/b28-11+. The van der Waals surface area contributed by atoms with E-state index in [2.05, 4.69) is 60.1 Å². The van der Waals surface area contributed by atoms with Gasteiger partial charge in [0.05, 0.1) is 11.5 Å². The molecule has 0 bridgehead atoms. The fourth-order valence-electron chi connectivity index (χ4n) is 4.75. The maximum atomic E-state index is 13.1. The molecule has 2 aliphatic rings. The van der Waals surface area contributed by atoms with Gasteiger partial charge in [-0.25, -0.2) is 0 Å². The summed E-state index contributed by atoms with van der Waals surface area (Å²) in [6.07, 6.45) is 6.26. The van der Waals surface area contributed by atoms with Crippen molar-refractivity contribution in [2.24, 2.45) is 4.99 Å². The minimum Gasteiger partial charge on any atom is -0.336 e. The molecule has 0 radical (unpaired) electrons. The molecule has 0 aromatic heterocycles. The van der Waals surface area contributed by atoms with E-state index in [9.17, 15) is 9.59 Å². The highest BCUT2D eigenvalue weighted by Crippen LogP contribution is 2.37. The first-order chi connectivity index (χ1) is 18.7. The summed E-state index contributed by atoms with van der Waals surface area (Å²) in [4.78, 5) is 34.8. The normalized spacial score (nSPS) is 20.4. The average Bonchev–Trinajstić information content (AvgIpc) is 2.92. The van der Waals surface area contributed by atoms with Gasteiger partial charge in [0.1, 0.15) is 0 Å². The van der Waals surface area contributed by atoms with Crippen LogP contribution in [0.25, 0.3) is 0 Å². The van der Waals surface area contributed by atoms with Crippen LogP contribution in [0.3, 0.4) is 0 Å². The third-order valence-electron chi connectivity index (χ3n) is 7.21. The maximum absolute atomic E-state index is 13.1. The van der Waals surface area contributed by atoms with Gasteiger partial charge in [-0.1, -0.05) is 46.7 Å². The van der Waals surface area contributed by atoms with E-state index in [-0.39, 0.29) is 23.6 Å². The maximum Gasteiger partial charge on any atom is 0.255 e. The number of carbonyl (C=O) groups is 2. The number of unbranched alkanes of at least 4 members (excludes halogenated alkanes) is 1. The van der Waals surface area contributed by atoms with Crippen molar-refractivity contribution in [3.05, 3.63) is 88.4 Å². The van der Waals surface area contributed by atoms with Crippen LogP contribution in [0.15, 0.2) is 71.1 Å². The summed E-state index contributed by atoms with van der Waals surface area (Å²) < 4.78 is 0. The van der Waals surface area contributed by atoms with Crippen LogP contribution in [0.5, 0.6) is 0 Å². The number of anilines is 1. The molecule has 2 amide bonds. The first-order valence-corrected chi connectivity index (χ1v) is 14.8. The Morgan fingerprint density at radius 2 is 1.95 bits per heavy atom. The molecule has 3 unspecified atom stereocenters. The van der Waals surface area contributed by atoms with E-state index in [1.807, 2.05) is 36.2 Å². The van der Waals surface area contributed by atoms with E-state index in [4.69, 9.17) is 0 Å². The lowest BCUT2D eigenvalue weighted by Gasteiger charge is -2.32. The number of amides is 2. The molecule has 1 saturated heterocycles. The molecular formula is C31H40N5O2P. The Balaban J connectivity index is 1.37. The number of benzene rings is 2.